The number of rotatable bonds is 5. The zero-order valence-corrected chi connectivity index (χ0v) is 11.5. The van der Waals surface area contributed by atoms with E-state index in [0.29, 0.717) is 6.42 Å². The first-order valence-electron chi connectivity index (χ1n) is 6.54. The fraction of sp³-hybridized carbons (Fsp3) is 0.400. The summed E-state index contributed by atoms with van der Waals surface area (Å²) >= 11 is 0. The Morgan fingerprint density at radius 1 is 1.37 bits per heavy atom. The molecule has 0 bridgehead atoms. The zero-order chi connectivity index (χ0) is 13.9. The van der Waals surface area contributed by atoms with Crippen molar-refractivity contribution in [3.8, 4) is 11.4 Å². The van der Waals surface area contributed by atoms with Gasteiger partial charge in [-0.3, -0.25) is 0 Å². The summed E-state index contributed by atoms with van der Waals surface area (Å²) in [6, 6.07) is 10.2. The molecule has 0 saturated heterocycles. The van der Waals surface area contributed by atoms with Crippen molar-refractivity contribution in [2.75, 3.05) is 6.54 Å². The van der Waals surface area contributed by atoms with Crippen molar-refractivity contribution in [1.29, 1.82) is 0 Å². The SMILES string of the molecule is CC(CC(C)(O)CN)n1ccnc1-c1ccccc1. The lowest BCUT2D eigenvalue weighted by Gasteiger charge is -2.26. The highest BCUT2D eigenvalue weighted by molar-refractivity contribution is 5.55. The summed E-state index contributed by atoms with van der Waals surface area (Å²) in [6.45, 7) is 4.09. The Bertz CT molecular complexity index is 519. The molecular formula is C15H21N3O. The molecular weight excluding hydrogens is 238 g/mol. The number of benzene rings is 1. The molecule has 0 amide bonds. The predicted octanol–water partition coefficient (Wildman–Crippen LogP) is 2.21. The van der Waals surface area contributed by atoms with E-state index in [1.807, 2.05) is 36.5 Å². The Balaban J connectivity index is 2.25. The maximum atomic E-state index is 10.1. The predicted molar refractivity (Wildman–Crippen MR) is 76.7 cm³/mol. The molecule has 3 N–H and O–H groups in total. The maximum absolute atomic E-state index is 10.1. The molecule has 0 aliphatic carbocycles. The third kappa shape index (κ3) is 3.22. The summed E-state index contributed by atoms with van der Waals surface area (Å²) in [7, 11) is 0. The van der Waals surface area contributed by atoms with Crippen molar-refractivity contribution in [1.82, 2.24) is 9.55 Å². The van der Waals surface area contributed by atoms with E-state index in [1.54, 1.807) is 13.1 Å². The van der Waals surface area contributed by atoms with Crippen LogP contribution in [-0.4, -0.2) is 26.8 Å². The van der Waals surface area contributed by atoms with Gasteiger partial charge >= 0.3 is 0 Å². The Labute approximate surface area is 113 Å². The van der Waals surface area contributed by atoms with Gasteiger partial charge < -0.3 is 15.4 Å². The molecule has 2 rings (SSSR count). The van der Waals surface area contributed by atoms with Gasteiger partial charge in [-0.25, -0.2) is 4.98 Å². The first-order chi connectivity index (χ1) is 9.03. The van der Waals surface area contributed by atoms with E-state index in [9.17, 15) is 5.11 Å². The summed E-state index contributed by atoms with van der Waals surface area (Å²) < 4.78 is 2.08. The zero-order valence-electron chi connectivity index (χ0n) is 11.5. The van der Waals surface area contributed by atoms with Crippen molar-refractivity contribution in [3.63, 3.8) is 0 Å². The highest BCUT2D eigenvalue weighted by Gasteiger charge is 2.23. The van der Waals surface area contributed by atoms with Crippen molar-refractivity contribution >= 4 is 0 Å². The van der Waals surface area contributed by atoms with Crippen LogP contribution in [0.3, 0.4) is 0 Å². The second-order valence-electron chi connectivity index (χ2n) is 5.28. The van der Waals surface area contributed by atoms with Crippen LogP contribution in [0, 0.1) is 0 Å². The monoisotopic (exact) mass is 259 g/mol. The van der Waals surface area contributed by atoms with Crippen LogP contribution in [0.15, 0.2) is 42.7 Å². The van der Waals surface area contributed by atoms with Crippen LogP contribution in [0.2, 0.25) is 0 Å². The number of nitrogens with zero attached hydrogens (tertiary/aromatic N) is 2. The third-order valence-electron chi connectivity index (χ3n) is 3.35. The average Bonchev–Trinajstić information content (AvgIpc) is 2.88. The molecule has 1 aromatic carbocycles. The first kappa shape index (κ1) is 13.8. The molecule has 0 aliphatic heterocycles. The number of nitrogens with two attached hydrogens (primary N) is 1. The molecule has 102 valence electrons. The molecule has 0 aliphatic rings. The molecule has 0 saturated carbocycles. The van der Waals surface area contributed by atoms with Crippen LogP contribution in [0.4, 0.5) is 0 Å². The number of aromatic nitrogens is 2. The lowest BCUT2D eigenvalue weighted by Crippen LogP contribution is -2.36. The molecule has 2 atom stereocenters. The Morgan fingerprint density at radius 2 is 2.05 bits per heavy atom. The highest BCUT2D eigenvalue weighted by Crippen LogP contribution is 2.25. The van der Waals surface area contributed by atoms with E-state index in [-0.39, 0.29) is 12.6 Å². The summed E-state index contributed by atoms with van der Waals surface area (Å²) in [5.74, 6) is 0.918. The van der Waals surface area contributed by atoms with Crippen molar-refractivity contribution < 1.29 is 5.11 Å². The second kappa shape index (κ2) is 5.55. The topological polar surface area (TPSA) is 64.1 Å². The summed E-state index contributed by atoms with van der Waals surface area (Å²) in [4.78, 5) is 4.41. The molecule has 2 aromatic rings. The van der Waals surface area contributed by atoms with Crippen molar-refractivity contribution in [3.05, 3.63) is 42.7 Å². The van der Waals surface area contributed by atoms with Gasteiger partial charge in [0.2, 0.25) is 0 Å². The molecule has 19 heavy (non-hydrogen) atoms. The van der Waals surface area contributed by atoms with Gasteiger partial charge in [0.15, 0.2) is 0 Å². The number of hydrogen-bond donors (Lipinski definition) is 2. The maximum Gasteiger partial charge on any atom is 0.140 e. The summed E-state index contributed by atoms with van der Waals surface area (Å²) in [6.07, 6.45) is 4.33. The largest absolute Gasteiger partial charge is 0.389 e. The fourth-order valence-corrected chi connectivity index (χ4v) is 2.30. The van der Waals surface area contributed by atoms with E-state index in [2.05, 4.69) is 16.5 Å². The van der Waals surface area contributed by atoms with Crippen LogP contribution >= 0.6 is 0 Å². The minimum Gasteiger partial charge on any atom is -0.389 e. The van der Waals surface area contributed by atoms with Crippen LogP contribution < -0.4 is 5.73 Å². The van der Waals surface area contributed by atoms with Crippen LogP contribution in [-0.2, 0) is 0 Å². The van der Waals surface area contributed by atoms with Gasteiger partial charge in [0, 0.05) is 30.5 Å². The minimum atomic E-state index is -0.850. The Morgan fingerprint density at radius 3 is 2.68 bits per heavy atom. The number of imidazole rings is 1. The van der Waals surface area contributed by atoms with Crippen molar-refractivity contribution in [2.45, 2.75) is 31.9 Å². The number of hydrogen-bond acceptors (Lipinski definition) is 3. The molecule has 0 radical (unpaired) electrons. The van der Waals surface area contributed by atoms with Gasteiger partial charge in [0.25, 0.3) is 0 Å². The van der Waals surface area contributed by atoms with E-state index < -0.39 is 5.60 Å². The van der Waals surface area contributed by atoms with Gasteiger partial charge in [-0.05, 0) is 20.3 Å². The molecule has 0 spiro atoms. The van der Waals surface area contributed by atoms with E-state index in [1.165, 1.54) is 0 Å². The fourth-order valence-electron chi connectivity index (χ4n) is 2.30. The molecule has 2 unspecified atom stereocenters. The van der Waals surface area contributed by atoms with E-state index >= 15 is 0 Å². The average molecular weight is 259 g/mol. The third-order valence-corrected chi connectivity index (χ3v) is 3.35. The lowest BCUT2D eigenvalue weighted by atomic mass is 9.97. The van der Waals surface area contributed by atoms with Crippen LogP contribution in [0.1, 0.15) is 26.3 Å². The second-order valence-corrected chi connectivity index (χ2v) is 5.28. The van der Waals surface area contributed by atoms with Gasteiger partial charge in [-0.15, -0.1) is 0 Å². The minimum absolute atomic E-state index is 0.135. The van der Waals surface area contributed by atoms with E-state index in [0.717, 1.165) is 11.4 Å². The highest BCUT2D eigenvalue weighted by atomic mass is 16.3. The van der Waals surface area contributed by atoms with Crippen LogP contribution in [0.25, 0.3) is 11.4 Å². The van der Waals surface area contributed by atoms with Gasteiger partial charge in [0.05, 0.1) is 5.60 Å². The Hall–Kier alpha value is -1.65. The van der Waals surface area contributed by atoms with E-state index in [4.69, 9.17) is 5.73 Å². The standard InChI is InChI=1S/C15H21N3O/c1-12(10-15(2,19)11-16)18-9-8-17-14(18)13-6-4-3-5-7-13/h3-9,12,19H,10-11,16H2,1-2H3. The normalized spacial score (nSPS) is 16.0. The molecule has 4 heteroatoms. The van der Waals surface area contributed by atoms with Gasteiger partial charge in [-0.2, -0.15) is 0 Å². The molecule has 1 aromatic heterocycles. The number of aliphatic hydroxyl groups is 1. The lowest BCUT2D eigenvalue weighted by molar-refractivity contribution is 0.0467. The summed E-state index contributed by atoms with van der Waals surface area (Å²) in [5, 5.41) is 10.1. The van der Waals surface area contributed by atoms with Gasteiger partial charge in [-0.1, -0.05) is 30.3 Å². The summed E-state index contributed by atoms with van der Waals surface area (Å²) in [5.41, 5.74) is 5.81. The molecule has 1 heterocycles. The smallest absolute Gasteiger partial charge is 0.140 e. The molecule has 4 nitrogen and oxygen atoms in total. The van der Waals surface area contributed by atoms with Gasteiger partial charge in [0.1, 0.15) is 5.82 Å². The molecule has 0 fully saturated rings. The Kier molecular flexibility index (Phi) is 4.02. The van der Waals surface area contributed by atoms with Crippen LogP contribution in [0.5, 0.6) is 0 Å². The van der Waals surface area contributed by atoms with Crippen molar-refractivity contribution in [2.24, 2.45) is 5.73 Å². The first-order valence-corrected chi connectivity index (χ1v) is 6.54. The quantitative estimate of drug-likeness (QED) is 0.865.